The molecular formula is C54H93N3O16P2. The zero-order valence-electron chi connectivity index (χ0n) is 45.1. The molecular weight excluding hydrogens is 1010 g/mol. The number of nitrogen functional groups attached to an aromatic ring is 1. The van der Waals surface area contributed by atoms with E-state index in [9.17, 15) is 48.6 Å². The van der Waals surface area contributed by atoms with Crippen LogP contribution in [0.4, 0.5) is 5.82 Å². The van der Waals surface area contributed by atoms with Gasteiger partial charge in [0.05, 0.1) is 19.3 Å². The summed E-state index contributed by atoms with van der Waals surface area (Å²) in [5.41, 5.74) is 4.58. The number of aromatic nitrogens is 2. The number of anilines is 1. The molecule has 1 saturated heterocycles. The SMILES string of the molecule is CCCCC/C=C\C=C/[C@H](O)C/C=C\C/C=C/CCCC(=O)O[C@H](COC(=O)CCCCCCCCCCCCCCCCCCC(C)C)COP(=O)(O)OP(=O)(O)OC[C@H]1O[C@@H](n2ccc(N)nc2=O)[C@H](O)[C@@H]1O. The average Bonchev–Trinajstić information content (AvgIpc) is 3.63. The van der Waals surface area contributed by atoms with Gasteiger partial charge in [-0.3, -0.25) is 23.2 Å². The van der Waals surface area contributed by atoms with E-state index in [-0.39, 0.29) is 18.7 Å². The summed E-state index contributed by atoms with van der Waals surface area (Å²) < 4.78 is 56.8. The molecule has 0 radical (unpaired) electrons. The molecule has 0 aromatic carbocycles. The van der Waals surface area contributed by atoms with Gasteiger partial charge in [-0.2, -0.15) is 9.29 Å². The second-order valence-corrected chi connectivity index (χ2v) is 22.8. The molecule has 2 rings (SSSR count). The Morgan fingerprint density at radius 1 is 0.747 bits per heavy atom. The molecule has 1 aliphatic heterocycles. The maximum absolute atomic E-state index is 12.9. The summed E-state index contributed by atoms with van der Waals surface area (Å²) in [6.45, 7) is 4.35. The van der Waals surface area contributed by atoms with Crippen molar-refractivity contribution < 1.29 is 71.4 Å². The van der Waals surface area contributed by atoms with Crippen LogP contribution in [0, 0.1) is 5.92 Å². The van der Waals surface area contributed by atoms with Crippen LogP contribution in [0.5, 0.6) is 0 Å². The van der Waals surface area contributed by atoms with E-state index in [4.69, 9.17) is 29.0 Å². The van der Waals surface area contributed by atoms with Crippen LogP contribution < -0.4 is 11.4 Å². The number of nitrogens with two attached hydrogens (primary N) is 1. The lowest BCUT2D eigenvalue weighted by molar-refractivity contribution is -0.161. The van der Waals surface area contributed by atoms with E-state index in [1.54, 1.807) is 6.08 Å². The monoisotopic (exact) mass is 1100 g/mol. The molecule has 1 aliphatic rings. The molecule has 0 aliphatic carbocycles. The fraction of sp³-hybridized carbons (Fsp3) is 0.741. The van der Waals surface area contributed by atoms with Gasteiger partial charge in [0, 0.05) is 19.0 Å². The molecule has 0 saturated carbocycles. The first kappa shape index (κ1) is 67.8. The Kier molecular flexibility index (Phi) is 36.9. The first-order valence-corrected chi connectivity index (χ1v) is 30.6. The number of nitrogens with zero attached hydrogens (tertiary/aromatic N) is 2. The third-order valence-corrected chi connectivity index (χ3v) is 15.0. The minimum absolute atomic E-state index is 0.0594. The van der Waals surface area contributed by atoms with E-state index in [0.29, 0.717) is 32.1 Å². The van der Waals surface area contributed by atoms with Crippen LogP contribution in [0.1, 0.15) is 200 Å². The summed E-state index contributed by atoms with van der Waals surface area (Å²) in [7, 11) is -10.9. The number of carbonyl (C=O) groups is 2. The van der Waals surface area contributed by atoms with Gasteiger partial charge in [0.15, 0.2) is 12.3 Å². The van der Waals surface area contributed by atoms with Crippen molar-refractivity contribution in [3.05, 3.63) is 71.4 Å². The van der Waals surface area contributed by atoms with Crippen LogP contribution in [-0.2, 0) is 46.3 Å². The fourth-order valence-electron chi connectivity index (χ4n) is 8.10. The number of phosphoric acid groups is 2. The summed E-state index contributed by atoms with van der Waals surface area (Å²) in [5.74, 6) is -0.598. The lowest BCUT2D eigenvalue weighted by Crippen LogP contribution is -2.36. The normalized spacial score (nSPS) is 19.6. The topological polar surface area (TPSA) is 286 Å². The first-order chi connectivity index (χ1) is 35.9. The Morgan fingerprint density at radius 2 is 1.33 bits per heavy atom. The molecule has 2 heterocycles. The second-order valence-electron chi connectivity index (χ2n) is 19.8. The van der Waals surface area contributed by atoms with Crippen molar-refractivity contribution in [1.82, 2.24) is 9.55 Å². The predicted molar refractivity (Wildman–Crippen MR) is 290 cm³/mol. The maximum Gasteiger partial charge on any atom is 0.481 e. The van der Waals surface area contributed by atoms with Gasteiger partial charge in [0.1, 0.15) is 30.7 Å². The number of carbonyl (C=O) groups excluding carboxylic acids is 2. The molecule has 75 heavy (non-hydrogen) atoms. The fourth-order valence-corrected chi connectivity index (χ4v) is 10.2. The van der Waals surface area contributed by atoms with Gasteiger partial charge in [0.25, 0.3) is 0 Å². The summed E-state index contributed by atoms with van der Waals surface area (Å²) in [5, 5.41) is 31.1. The van der Waals surface area contributed by atoms with Gasteiger partial charge in [-0.15, -0.1) is 0 Å². The minimum Gasteiger partial charge on any atom is -0.462 e. The standard InChI is InChI=1S/C54H93N3O16P2/c1-4-5-6-7-19-25-30-35-45(58)36-31-26-21-18-23-28-33-38-50(60)71-46(41-68-49(59)37-32-27-22-17-15-13-11-9-8-10-12-14-16-20-24-29-34-44(2)3)42-69-74(64,65)73-75(66,67)70-43-47-51(61)52(62)53(72-47)57-40-39-48(55)56-54(57)63/h18-19,23,25-26,30-31,35,39-40,44-47,51-53,58,61-62H,4-17,20-22,24,27-29,32-34,36-38,41-43H2,1-3H3,(H,64,65)(H,66,67)(H2,55,56,63)/b23-18+,25-19-,31-26-,35-30-/t45-,46+,47+,51+,52+,53+/m0/s1. The van der Waals surface area contributed by atoms with Crippen LogP contribution in [0.2, 0.25) is 0 Å². The van der Waals surface area contributed by atoms with E-state index in [1.807, 2.05) is 36.5 Å². The van der Waals surface area contributed by atoms with E-state index in [2.05, 4.69) is 36.1 Å². The smallest absolute Gasteiger partial charge is 0.462 e. The number of esters is 2. The van der Waals surface area contributed by atoms with Gasteiger partial charge in [-0.05, 0) is 56.9 Å². The van der Waals surface area contributed by atoms with Gasteiger partial charge < -0.3 is 45.1 Å². The summed E-state index contributed by atoms with van der Waals surface area (Å²) >= 11 is 0. The van der Waals surface area contributed by atoms with Crippen LogP contribution in [0.25, 0.3) is 0 Å². The van der Waals surface area contributed by atoms with Gasteiger partial charge in [-0.25, -0.2) is 13.9 Å². The van der Waals surface area contributed by atoms with Crippen molar-refractivity contribution in [2.24, 2.45) is 5.92 Å². The van der Waals surface area contributed by atoms with Crippen LogP contribution in [-0.4, -0.2) is 96.9 Å². The Bertz CT molecular complexity index is 1980. The molecule has 8 atom stereocenters. The number of allylic oxidation sites excluding steroid dienone is 6. The summed E-state index contributed by atoms with van der Waals surface area (Å²) in [6.07, 6.45) is 35.0. The molecule has 21 heteroatoms. The molecule has 1 aromatic rings. The molecule has 1 aromatic heterocycles. The molecule has 0 spiro atoms. The highest BCUT2D eigenvalue weighted by atomic mass is 31.3. The molecule has 1 fully saturated rings. The maximum atomic E-state index is 12.9. The highest BCUT2D eigenvalue weighted by Gasteiger charge is 2.46. The van der Waals surface area contributed by atoms with Crippen molar-refractivity contribution in [3.63, 3.8) is 0 Å². The van der Waals surface area contributed by atoms with Crippen LogP contribution in [0.3, 0.4) is 0 Å². The van der Waals surface area contributed by atoms with Gasteiger partial charge in [0.2, 0.25) is 0 Å². The Labute approximate surface area is 446 Å². The van der Waals surface area contributed by atoms with Crippen molar-refractivity contribution in [2.75, 3.05) is 25.6 Å². The summed E-state index contributed by atoms with van der Waals surface area (Å²) in [4.78, 5) is 62.0. The largest absolute Gasteiger partial charge is 0.481 e. The van der Waals surface area contributed by atoms with Crippen LogP contribution in [0.15, 0.2) is 65.7 Å². The van der Waals surface area contributed by atoms with E-state index in [1.165, 1.54) is 96.0 Å². The highest BCUT2D eigenvalue weighted by Crippen LogP contribution is 2.60. The zero-order chi connectivity index (χ0) is 55.2. The predicted octanol–water partition coefficient (Wildman–Crippen LogP) is 10.9. The third-order valence-electron chi connectivity index (χ3n) is 12.4. The van der Waals surface area contributed by atoms with Crippen molar-refractivity contribution in [2.45, 2.75) is 231 Å². The Balaban J connectivity index is 1.80. The highest BCUT2D eigenvalue weighted by molar-refractivity contribution is 7.61. The van der Waals surface area contributed by atoms with E-state index in [0.717, 1.165) is 55.2 Å². The van der Waals surface area contributed by atoms with E-state index >= 15 is 0 Å². The molecule has 0 amide bonds. The molecule has 19 nitrogen and oxygen atoms in total. The second kappa shape index (κ2) is 40.8. The Hall–Kier alpha value is -3.32. The number of unbranched alkanes of at least 4 members (excludes halogenated alkanes) is 19. The molecule has 2 unspecified atom stereocenters. The van der Waals surface area contributed by atoms with Crippen molar-refractivity contribution in [1.29, 1.82) is 0 Å². The number of hydrogen-bond acceptors (Lipinski definition) is 16. The number of aliphatic hydroxyl groups is 3. The third kappa shape index (κ3) is 34.2. The van der Waals surface area contributed by atoms with Gasteiger partial charge in [-0.1, -0.05) is 185 Å². The molecule has 7 N–H and O–H groups in total. The lowest BCUT2D eigenvalue weighted by atomic mass is 10.0. The number of ether oxygens (including phenoxy) is 3. The van der Waals surface area contributed by atoms with Crippen LogP contribution >= 0.6 is 15.6 Å². The van der Waals surface area contributed by atoms with Crippen molar-refractivity contribution >= 4 is 33.4 Å². The number of phosphoric ester groups is 2. The van der Waals surface area contributed by atoms with Gasteiger partial charge >= 0.3 is 33.3 Å². The molecule has 430 valence electrons. The minimum atomic E-state index is -5.45. The van der Waals surface area contributed by atoms with E-state index < -0.39 is 89.8 Å². The lowest BCUT2D eigenvalue weighted by Gasteiger charge is -2.21. The number of hydrogen-bond donors (Lipinski definition) is 6. The molecule has 0 bridgehead atoms. The Morgan fingerprint density at radius 3 is 1.96 bits per heavy atom. The number of rotatable bonds is 45. The van der Waals surface area contributed by atoms with Crippen molar-refractivity contribution in [3.8, 4) is 0 Å². The number of aliphatic hydroxyl groups excluding tert-OH is 3. The summed E-state index contributed by atoms with van der Waals surface area (Å²) in [6, 6.07) is 1.24. The average molecular weight is 1100 g/mol. The first-order valence-electron chi connectivity index (χ1n) is 27.6. The zero-order valence-corrected chi connectivity index (χ0v) is 46.9. The quantitative estimate of drug-likeness (QED) is 0.0116.